The first kappa shape index (κ1) is 18.2. The van der Waals surface area contributed by atoms with Gasteiger partial charge >= 0.3 is 6.18 Å². The monoisotopic (exact) mass is 366 g/mol. The van der Waals surface area contributed by atoms with Gasteiger partial charge in [0.05, 0.1) is 23.2 Å². The molecule has 24 heavy (non-hydrogen) atoms. The molecule has 0 saturated carbocycles. The molecule has 1 aliphatic heterocycles. The second kappa shape index (κ2) is 6.78. The summed E-state index contributed by atoms with van der Waals surface area (Å²) in [5.74, 6) is -2.13. The number of carbonyl (C=O) groups excluding carboxylic acids is 1. The summed E-state index contributed by atoms with van der Waals surface area (Å²) in [5.41, 5.74) is -1.76. The Labute approximate surface area is 138 Å². The first-order valence-corrected chi connectivity index (χ1v) is 7.11. The van der Waals surface area contributed by atoms with E-state index in [0.29, 0.717) is 12.3 Å². The Kier molecular flexibility index (Phi) is 5.15. The average Bonchev–Trinajstić information content (AvgIpc) is 2.84. The van der Waals surface area contributed by atoms with Crippen molar-refractivity contribution in [1.82, 2.24) is 9.88 Å². The zero-order valence-electron chi connectivity index (χ0n) is 11.9. The van der Waals surface area contributed by atoms with E-state index in [0.717, 1.165) is 0 Å². The van der Waals surface area contributed by atoms with Gasteiger partial charge in [-0.15, -0.1) is 11.6 Å². The molecule has 1 amide bonds. The van der Waals surface area contributed by atoms with E-state index in [2.05, 4.69) is 10.6 Å². The molecule has 2 rings (SSSR count). The molecule has 1 fully saturated rings. The highest BCUT2D eigenvalue weighted by Gasteiger charge is 2.36. The second-order valence-electron chi connectivity index (χ2n) is 5.19. The van der Waals surface area contributed by atoms with E-state index in [1.165, 1.54) is 0 Å². The van der Waals surface area contributed by atoms with Gasteiger partial charge in [0.2, 0.25) is 5.91 Å². The highest BCUT2D eigenvalue weighted by Crippen LogP contribution is 2.21. The average molecular weight is 367 g/mol. The maximum Gasteiger partial charge on any atom is 0.406 e. The van der Waals surface area contributed by atoms with E-state index in [4.69, 9.17) is 16.9 Å². The predicted octanol–water partition coefficient (Wildman–Crippen LogP) is 1.35. The number of pyridine rings is 1. The van der Waals surface area contributed by atoms with Crippen LogP contribution in [0.5, 0.6) is 0 Å². The van der Waals surface area contributed by atoms with E-state index >= 15 is 0 Å². The van der Waals surface area contributed by atoms with Crippen molar-refractivity contribution in [3.05, 3.63) is 28.4 Å². The van der Waals surface area contributed by atoms with Crippen molar-refractivity contribution in [2.75, 3.05) is 5.32 Å². The third kappa shape index (κ3) is 4.24. The van der Waals surface area contributed by atoms with Crippen LogP contribution in [0.25, 0.3) is 0 Å². The molecule has 3 unspecified atom stereocenters. The number of hydrogen-bond donors (Lipinski definition) is 2. The Balaban J connectivity index is 2.17. The molecule has 0 radical (unpaired) electrons. The van der Waals surface area contributed by atoms with Gasteiger partial charge in [0.25, 0.3) is 5.56 Å². The van der Waals surface area contributed by atoms with E-state index in [1.807, 2.05) is 6.07 Å². The van der Waals surface area contributed by atoms with Crippen molar-refractivity contribution in [3.63, 3.8) is 0 Å². The smallest absolute Gasteiger partial charge is 0.323 e. The first-order chi connectivity index (χ1) is 11.1. The van der Waals surface area contributed by atoms with Crippen LogP contribution in [0.4, 0.5) is 23.2 Å². The molecule has 1 aromatic rings. The molecule has 0 spiro atoms. The van der Waals surface area contributed by atoms with Crippen LogP contribution in [-0.4, -0.2) is 34.1 Å². The van der Waals surface area contributed by atoms with Crippen LogP contribution in [0.3, 0.4) is 0 Å². The number of amides is 1. The van der Waals surface area contributed by atoms with Gasteiger partial charge in [-0.1, -0.05) is 0 Å². The van der Waals surface area contributed by atoms with Gasteiger partial charge in [0, 0.05) is 12.3 Å². The molecular weight excluding hydrogens is 356 g/mol. The van der Waals surface area contributed by atoms with Crippen LogP contribution in [0.1, 0.15) is 6.42 Å². The standard InChI is InChI=1S/C13H11ClF4N4O2/c14-7-2-9(21-10(7)3-19)11(23)20-6-1-8(15)12(24)22(4-6)5-13(16,17)18/h1,4,7,9-10,21H,2,5H2,(H,20,23). The highest BCUT2D eigenvalue weighted by molar-refractivity contribution is 6.22. The van der Waals surface area contributed by atoms with E-state index < -0.39 is 47.5 Å². The molecule has 2 N–H and O–H groups in total. The Hall–Kier alpha value is -2.12. The number of carbonyl (C=O) groups is 1. The summed E-state index contributed by atoms with van der Waals surface area (Å²) < 4.78 is 50.8. The topological polar surface area (TPSA) is 86.9 Å². The quantitative estimate of drug-likeness (QED) is 0.624. The molecule has 2 heterocycles. The summed E-state index contributed by atoms with van der Waals surface area (Å²) in [4.78, 5) is 23.4. The van der Waals surface area contributed by atoms with E-state index in [-0.39, 0.29) is 16.7 Å². The van der Waals surface area contributed by atoms with Crippen molar-refractivity contribution in [1.29, 1.82) is 5.26 Å². The Morgan fingerprint density at radius 3 is 2.75 bits per heavy atom. The molecule has 0 aliphatic carbocycles. The van der Waals surface area contributed by atoms with Gasteiger partial charge in [-0.2, -0.15) is 18.4 Å². The number of aromatic nitrogens is 1. The normalized spacial score (nSPS) is 23.8. The third-order valence-electron chi connectivity index (χ3n) is 3.32. The lowest BCUT2D eigenvalue weighted by atomic mass is 10.2. The van der Waals surface area contributed by atoms with Gasteiger partial charge in [-0.25, -0.2) is 4.39 Å². The van der Waals surface area contributed by atoms with Crippen molar-refractivity contribution in [3.8, 4) is 6.07 Å². The first-order valence-electron chi connectivity index (χ1n) is 6.68. The second-order valence-corrected chi connectivity index (χ2v) is 5.75. The van der Waals surface area contributed by atoms with Crippen LogP contribution in [0.15, 0.2) is 17.1 Å². The van der Waals surface area contributed by atoms with Crippen LogP contribution < -0.4 is 16.2 Å². The Bertz CT molecular complexity index is 743. The van der Waals surface area contributed by atoms with Crippen LogP contribution in [0, 0.1) is 17.1 Å². The number of nitrogens with one attached hydrogen (secondary N) is 2. The van der Waals surface area contributed by atoms with Crippen LogP contribution >= 0.6 is 11.6 Å². The number of nitrogens with zero attached hydrogens (tertiary/aromatic N) is 2. The summed E-state index contributed by atoms with van der Waals surface area (Å²) >= 11 is 5.87. The fraction of sp³-hybridized carbons (Fsp3) is 0.462. The number of rotatable bonds is 3. The number of halogens is 5. The van der Waals surface area contributed by atoms with Crippen molar-refractivity contribution in [2.24, 2.45) is 0 Å². The van der Waals surface area contributed by atoms with E-state index in [1.54, 1.807) is 0 Å². The van der Waals surface area contributed by atoms with Crippen LogP contribution in [-0.2, 0) is 11.3 Å². The maximum atomic E-state index is 13.5. The summed E-state index contributed by atoms with van der Waals surface area (Å²) in [6.07, 6.45) is -3.90. The van der Waals surface area contributed by atoms with Crippen molar-refractivity contribution < 1.29 is 22.4 Å². The summed E-state index contributed by atoms with van der Waals surface area (Å²) in [6, 6.07) is 0.878. The molecule has 6 nitrogen and oxygen atoms in total. The lowest BCUT2D eigenvalue weighted by Crippen LogP contribution is -2.39. The van der Waals surface area contributed by atoms with Crippen molar-refractivity contribution >= 4 is 23.2 Å². The maximum absolute atomic E-state index is 13.5. The zero-order valence-corrected chi connectivity index (χ0v) is 12.7. The molecule has 1 aliphatic rings. The molecule has 130 valence electrons. The van der Waals surface area contributed by atoms with Gasteiger partial charge < -0.3 is 9.88 Å². The lowest BCUT2D eigenvalue weighted by Gasteiger charge is -2.14. The molecule has 0 aromatic carbocycles. The van der Waals surface area contributed by atoms with E-state index in [9.17, 15) is 27.2 Å². The van der Waals surface area contributed by atoms with Crippen molar-refractivity contribution in [2.45, 2.75) is 36.6 Å². The van der Waals surface area contributed by atoms with Gasteiger partial charge in [0.15, 0.2) is 5.82 Å². The molecule has 3 atom stereocenters. The number of alkyl halides is 4. The highest BCUT2D eigenvalue weighted by atomic mass is 35.5. The molecule has 1 aromatic heterocycles. The lowest BCUT2D eigenvalue weighted by molar-refractivity contribution is -0.141. The molecule has 1 saturated heterocycles. The minimum Gasteiger partial charge on any atom is -0.323 e. The van der Waals surface area contributed by atoms with Crippen LogP contribution in [0.2, 0.25) is 0 Å². The minimum atomic E-state index is -4.72. The Morgan fingerprint density at radius 2 is 2.21 bits per heavy atom. The third-order valence-corrected chi connectivity index (χ3v) is 3.75. The SMILES string of the molecule is N#CC1NC(C(=O)Nc2cc(F)c(=O)n(CC(F)(F)F)c2)CC1Cl. The molecule has 11 heteroatoms. The molecular formula is C13H11ClF4N4O2. The summed E-state index contributed by atoms with van der Waals surface area (Å²) in [7, 11) is 0. The fourth-order valence-corrected chi connectivity index (χ4v) is 2.57. The van der Waals surface area contributed by atoms with Gasteiger partial charge in [0.1, 0.15) is 12.6 Å². The summed E-state index contributed by atoms with van der Waals surface area (Å²) in [5, 5.41) is 13.1. The number of anilines is 1. The predicted molar refractivity (Wildman–Crippen MR) is 75.9 cm³/mol. The largest absolute Gasteiger partial charge is 0.406 e. The minimum absolute atomic E-state index is 0.120. The summed E-state index contributed by atoms with van der Waals surface area (Å²) in [6.45, 7) is -1.69. The Morgan fingerprint density at radius 1 is 1.54 bits per heavy atom. The molecule has 0 bridgehead atoms. The van der Waals surface area contributed by atoms with Gasteiger partial charge in [-0.3, -0.25) is 14.9 Å². The van der Waals surface area contributed by atoms with Gasteiger partial charge in [-0.05, 0) is 6.42 Å². The number of hydrogen-bond acceptors (Lipinski definition) is 4. The number of nitriles is 1. The fourth-order valence-electron chi connectivity index (χ4n) is 2.26. The zero-order chi connectivity index (χ0) is 18.1.